The molecule has 5 heteroatoms. The van der Waals surface area contributed by atoms with Gasteiger partial charge in [0, 0.05) is 0 Å². The van der Waals surface area contributed by atoms with Crippen molar-refractivity contribution in [1.82, 2.24) is 15.0 Å². The summed E-state index contributed by atoms with van der Waals surface area (Å²) in [5.74, 6) is 0.356. The summed E-state index contributed by atoms with van der Waals surface area (Å²) >= 11 is 5.62. The van der Waals surface area contributed by atoms with Gasteiger partial charge in [-0.2, -0.15) is 4.98 Å². The molecule has 2 rings (SSSR count). The van der Waals surface area contributed by atoms with E-state index in [1.165, 1.54) is 0 Å². The quantitative estimate of drug-likeness (QED) is 0.581. The summed E-state index contributed by atoms with van der Waals surface area (Å²) < 4.78 is 0. The third-order valence-electron chi connectivity index (χ3n) is 1.33. The van der Waals surface area contributed by atoms with Gasteiger partial charge in [0.15, 0.2) is 11.6 Å². The smallest absolute Gasteiger partial charge is 0.200 e. The molecule has 2 aromatic rings. The van der Waals surface area contributed by atoms with Gasteiger partial charge in [0.25, 0.3) is 0 Å². The lowest BCUT2D eigenvalue weighted by atomic mass is 10.4. The molecule has 2 heterocycles. The van der Waals surface area contributed by atoms with Gasteiger partial charge >= 0.3 is 0 Å². The number of hydrogen-bond donors (Lipinski definition) is 2. The zero-order chi connectivity index (χ0) is 7.84. The Hall–Kier alpha value is -1.29. The van der Waals surface area contributed by atoms with Crippen molar-refractivity contribution in [2.24, 2.45) is 0 Å². The van der Waals surface area contributed by atoms with Crippen molar-refractivity contribution in [1.29, 1.82) is 0 Å². The Morgan fingerprint density at radius 2 is 2.18 bits per heavy atom. The number of aromatic nitrogens is 3. The number of imidazole rings is 1. The van der Waals surface area contributed by atoms with Gasteiger partial charge in [-0.1, -0.05) is 11.6 Å². The number of rotatable bonds is 0. The third-order valence-corrected chi connectivity index (χ3v) is 1.54. The molecular weight excluding hydrogens is 164 g/mol. The zero-order valence-corrected chi connectivity index (χ0v) is 6.26. The standard InChI is InChI=1S/C6H5ClN4/c7-4-2-1-3-5(10-4)11-6(8)9-3/h1-2H,(H3,8,9,10,11). The van der Waals surface area contributed by atoms with Gasteiger partial charge in [-0.3, -0.25) is 0 Å². The Bertz CT molecular complexity index is 394. The van der Waals surface area contributed by atoms with E-state index in [9.17, 15) is 0 Å². The van der Waals surface area contributed by atoms with Crippen molar-refractivity contribution in [2.45, 2.75) is 0 Å². The van der Waals surface area contributed by atoms with Crippen molar-refractivity contribution in [3.63, 3.8) is 0 Å². The lowest BCUT2D eigenvalue weighted by Gasteiger charge is -1.86. The Kier molecular flexibility index (Phi) is 1.22. The number of nitrogens with zero attached hydrogens (tertiary/aromatic N) is 2. The fourth-order valence-corrected chi connectivity index (χ4v) is 1.03. The normalized spacial score (nSPS) is 10.6. The highest BCUT2D eigenvalue weighted by Crippen LogP contribution is 2.12. The average molecular weight is 169 g/mol. The summed E-state index contributed by atoms with van der Waals surface area (Å²) in [6, 6.07) is 3.47. The maximum atomic E-state index is 5.62. The molecule has 0 unspecified atom stereocenters. The van der Waals surface area contributed by atoms with Crippen LogP contribution in [0, 0.1) is 0 Å². The van der Waals surface area contributed by atoms with Gasteiger partial charge in [-0.25, -0.2) is 4.98 Å². The summed E-state index contributed by atoms with van der Waals surface area (Å²) in [5, 5.41) is 0.420. The van der Waals surface area contributed by atoms with Gasteiger partial charge in [0.2, 0.25) is 0 Å². The molecule has 0 fully saturated rings. The van der Waals surface area contributed by atoms with E-state index in [-0.39, 0.29) is 0 Å². The van der Waals surface area contributed by atoms with Crippen LogP contribution < -0.4 is 5.73 Å². The number of nitrogens with two attached hydrogens (primary N) is 1. The van der Waals surface area contributed by atoms with E-state index in [2.05, 4.69) is 15.0 Å². The first kappa shape index (κ1) is 6.42. The highest BCUT2D eigenvalue weighted by Gasteiger charge is 1.99. The van der Waals surface area contributed by atoms with Crippen LogP contribution in [0.1, 0.15) is 0 Å². The van der Waals surface area contributed by atoms with E-state index in [0.717, 1.165) is 5.52 Å². The van der Waals surface area contributed by atoms with E-state index in [4.69, 9.17) is 17.3 Å². The highest BCUT2D eigenvalue weighted by molar-refractivity contribution is 6.29. The third kappa shape index (κ3) is 1.01. The van der Waals surface area contributed by atoms with Crippen LogP contribution in [0.2, 0.25) is 5.15 Å². The molecule has 0 aliphatic heterocycles. The number of aromatic amines is 1. The molecular formula is C6H5ClN4. The molecule has 0 saturated carbocycles. The second kappa shape index (κ2) is 2.10. The maximum absolute atomic E-state index is 5.62. The largest absolute Gasteiger partial charge is 0.369 e. The molecule has 56 valence electrons. The van der Waals surface area contributed by atoms with E-state index in [0.29, 0.717) is 16.7 Å². The molecule has 0 amide bonds. The first-order valence-corrected chi connectivity index (χ1v) is 3.41. The second-order valence-corrected chi connectivity index (χ2v) is 2.51. The monoisotopic (exact) mass is 168 g/mol. The highest BCUT2D eigenvalue weighted by atomic mass is 35.5. The SMILES string of the molecule is Nc1nc2nc(Cl)ccc2[nH]1. The topological polar surface area (TPSA) is 67.6 Å². The minimum Gasteiger partial charge on any atom is -0.369 e. The number of anilines is 1. The molecule has 11 heavy (non-hydrogen) atoms. The van der Waals surface area contributed by atoms with Gasteiger partial charge in [0.05, 0.1) is 5.52 Å². The number of fused-ring (bicyclic) bond motifs is 1. The molecule has 4 nitrogen and oxygen atoms in total. The summed E-state index contributed by atoms with van der Waals surface area (Å²) in [7, 11) is 0. The van der Waals surface area contributed by atoms with Crippen LogP contribution >= 0.6 is 11.6 Å². The fourth-order valence-electron chi connectivity index (χ4n) is 0.888. The lowest BCUT2D eigenvalue weighted by molar-refractivity contribution is 1.31. The van der Waals surface area contributed by atoms with Crippen LogP contribution in [0.5, 0.6) is 0 Å². The minimum absolute atomic E-state index is 0.356. The Morgan fingerprint density at radius 3 is 3.00 bits per heavy atom. The van der Waals surface area contributed by atoms with Crippen molar-refractivity contribution < 1.29 is 0 Å². The molecule has 0 radical (unpaired) electrons. The molecule has 0 atom stereocenters. The molecule has 0 aromatic carbocycles. The van der Waals surface area contributed by atoms with Crippen LogP contribution in [0.25, 0.3) is 11.2 Å². The van der Waals surface area contributed by atoms with E-state index in [1.807, 2.05) is 0 Å². The molecule has 0 saturated heterocycles. The number of pyridine rings is 1. The van der Waals surface area contributed by atoms with E-state index < -0.39 is 0 Å². The summed E-state index contributed by atoms with van der Waals surface area (Å²) in [6.45, 7) is 0. The summed E-state index contributed by atoms with van der Waals surface area (Å²) in [4.78, 5) is 10.7. The Morgan fingerprint density at radius 1 is 1.36 bits per heavy atom. The molecule has 3 N–H and O–H groups in total. The maximum Gasteiger partial charge on any atom is 0.200 e. The first-order chi connectivity index (χ1) is 5.25. The molecule has 0 bridgehead atoms. The van der Waals surface area contributed by atoms with E-state index in [1.54, 1.807) is 12.1 Å². The minimum atomic E-state index is 0.356. The average Bonchev–Trinajstić information content (AvgIpc) is 2.27. The molecule has 0 spiro atoms. The number of H-pyrrole nitrogens is 1. The van der Waals surface area contributed by atoms with Crippen molar-refractivity contribution in [2.75, 3.05) is 5.73 Å². The van der Waals surface area contributed by atoms with Gasteiger partial charge < -0.3 is 10.7 Å². The summed E-state index contributed by atoms with van der Waals surface area (Å²) in [6.07, 6.45) is 0. The van der Waals surface area contributed by atoms with Crippen LogP contribution in [-0.2, 0) is 0 Å². The van der Waals surface area contributed by atoms with Crippen LogP contribution in [0.3, 0.4) is 0 Å². The number of halogens is 1. The number of hydrogen-bond acceptors (Lipinski definition) is 3. The lowest BCUT2D eigenvalue weighted by Crippen LogP contribution is -1.84. The zero-order valence-electron chi connectivity index (χ0n) is 5.50. The van der Waals surface area contributed by atoms with Crippen molar-refractivity contribution in [3.05, 3.63) is 17.3 Å². The van der Waals surface area contributed by atoms with Crippen LogP contribution in [0.4, 0.5) is 5.95 Å². The Labute approximate surface area is 67.4 Å². The predicted molar refractivity (Wildman–Crippen MR) is 43.3 cm³/mol. The first-order valence-electron chi connectivity index (χ1n) is 3.03. The van der Waals surface area contributed by atoms with Gasteiger partial charge in [-0.15, -0.1) is 0 Å². The molecule has 0 aliphatic carbocycles. The van der Waals surface area contributed by atoms with E-state index >= 15 is 0 Å². The fraction of sp³-hybridized carbons (Fsp3) is 0. The summed E-state index contributed by atoms with van der Waals surface area (Å²) in [5.41, 5.74) is 6.74. The van der Waals surface area contributed by atoms with Crippen LogP contribution in [-0.4, -0.2) is 15.0 Å². The molecule has 2 aromatic heterocycles. The van der Waals surface area contributed by atoms with Crippen molar-refractivity contribution >= 4 is 28.7 Å². The van der Waals surface area contributed by atoms with Gasteiger partial charge in [-0.05, 0) is 12.1 Å². The predicted octanol–water partition coefficient (Wildman–Crippen LogP) is 1.19. The number of nitrogen functional groups attached to an aromatic ring is 1. The van der Waals surface area contributed by atoms with Crippen LogP contribution in [0.15, 0.2) is 12.1 Å². The molecule has 0 aliphatic rings. The Balaban J connectivity index is 2.82. The second-order valence-electron chi connectivity index (χ2n) is 2.13. The van der Waals surface area contributed by atoms with Crippen molar-refractivity contribution in [3.8, 4) is 0 Å². The number of nitrogens with one attached hydrogen (secondary N) is 1. The van der Waals surface area contributed by atoms with Gasteiger partial charge in [0.1, 0.15) is 5.15 Å².